The maximum absolute atomic E-state index is 13.6. The van der Waals surface area contributed by atoms with E-state index in [2.05, 4.69) is 17.2 Å². The van der Waals surface area contributed by atoms with Crippen LogP contribution < -0.4 is 5.32 Å². The van der Waals surface area contributed by atoms with Crippen molar-refractivity contribution in [2.45, 2.75) is 26.3 Å². The molecule has 2 rings (SSSR count). The number of benzene rings is 1. The third-order valence-electron chi connectivity index (χ3n) is 2.76. The zero-order chi connectivity index (χ0) is 13.8. The van der Waals surface area contributed by atoms with Crippen LogP contribution in [0.4, 0.5) is 4.39 Å². The summed E-state index contributed by atoms with van der Waals surface area (Å²) in [7, 11) is 0. The van der Waals surface area contributed by atoms with Gasteiger partial charge in [0.25, 0.3) is 0 Å². The van der Waals surface area contributed by atoms with E-state index >= 15 is 0 Å². The Balaban J connectivity index is 2.33. The van der Waals surface area contributed by atoms with Crippen molar-refractivity contribution in [1.82, 2.24) is 10.3 Å². The molecule has 2 aromatic rings. The van der Waals surface area contributed by atoms with E-state index in [0.29, 0.717) is 0 Å². The van der Waals surface area contributed by atoms with E-state index in [1.54, 1.807) is 17.4 Å². The van der Waals surface area contributed by atoms with Gasteiger partial charge in [-0.1, -0.05) is 24.6 Å². The van der Waals surface area contributed by atoms with Crippen molar-refractivity contribution in [3.63, 3.8) is 0 Å². The van der Waals surface area contributed by atoms with Crippen LogP contribution in [-0.2, 0) is 0 Å². The van der Waals surface area contributed by atoms with Gasteiger partial charge in [-0.3, -0.25) is 0 Å². The molecule has 0 saturated carbocycles. The van der Waals surface area contributed by atoms with Crippen LogP contribution in [0.2, 0.25) is 5.02 Å². The largest absolute Gasteiger partial charge is 0.304 e. The predicted molar refractivity (Wildman–Crippen MR) is 78.4 cm³/mol. The predicted octanol–water partition coefficient (Wildman–Crippen LogP) is 4.33. The van der Waals surface area contributed by atoms with Crippen molar-refractivity contribution in [3.05, 3.63) is 50.7 Å². The van der Waals surface area contributed by atoms with Crippen LogP contribution in [0.15, 0.2) is 23.6 Å². The van der Waals surface area contributed by atoms with E-state index in [9.17, 15) is 4.39 Å². The Labute approximate surface area is 121 Å². The van der Waals surface area contributed by atoms with E-state index in [4.69, 9.17) is 11.6 Å². The normalized spacial score (nSPS) is 12.6. The van der Waals surface area contributed by atoms with Gasteiger partial charge in [0, 0.05) is 11.1 Å². The lowest BCUT2D eigenvalue weighted by Crippen LogP contribution is -2.23. The second kappa shape index (κ2) is 6.46. The van der Waals surface area contributed by atoms with Crippen molar-refractivity contribution in [2.75, 3.05) is 6.54 Å². The molecule has 0 saturated heterocycles. The fourth-order valence-electron chi connectivity index (χ4n) is 1.83. The third kappa shape index (κ3) is 3.53. The Bertz CT molecular complexity index is 556. The maximum atomic E-state index is 13.6. The third-order valence-corrected chi connectivity index (χ3v) is 4.09. The van der Waals surface area contributed by atoms with Crippen LogP contribution in [-0.4, -0.2) is 11.5 Å². The molecule has 0 aliphatic rings. The zero-order valence-electron chi connectivity index (χ0n) is 10.9. The van der Waals surface area contributed by atoms with Gasteiger partial charge in [0.1, 0.15) is 10.8 Å². The summed E-state index contributed by atoms with van der Waals surface area (Å²) in [5.74, 6) is -0.393. The summed E-state index contributed by atoms with van der Waals surface area (Å²) >= 11 is 7.32. The number of hydrogen-bond acceptors (Lipinski definition) is 3. The Hall–Kier alpha value is -0.970. The second-order valence-corrected chi connectivity index (χ2v) is 5.68. The van der Waals surface area contributed by atoms with Gasteiger partial charge >= 0.3 is 0 Å². The van der Waals surface area contributed by atoms with Gasteiger partial charge < -0.3 is 5.32 Å². The number of rotatable bonds is 5. The van der Waals surface area contributed by atoms with Gasteiger partial charge in [-0.2, -0.15) is 0 Å². The van der Waals surface area contributed by atoms with Gasteiger partial charge in [0.15, 0.2) is 0 Å². The lowest BCUT2D eigenvalue weighted by molar-refractivity contribution is 0.583. The van der Waals surface area contributed by atoms with Crippen LogP contribution in [0.25, 0.3) is 0 Å². The maximum Gasteiger partial charge on any atom is 0.142 e. The number of aromatic nitrogens is 1. The molecule has 1 aromatic heterocycles. The fraction of sp³-hybridized carbons (Fsp3) is 0.357. The topological polar surface area (TPSA) is 24.9 Å². The first-order chi connectivity index (χ1) is 9.11. The van der Waals surface area contributed by atoms with Crippen molar-refractivity contribution >= 4 is 22.9 Å². The Morgan fingerprint density at radius 3 is 2.84 bits per heavy atom. The van der Waals surface area contributed by atoms with Crippen molar-refractivity contribution in [3.8, 4) is 0 Å². The molecule has 0 bridgehead atoms. The summed E-state index contributed by atoms with van der Waals surface area (Å²) in [6, 6.07) is 4.83. The molecule has 0 spiro atoms. The summed E-state index contributed by atoms with van der Waals surface area (Å²) in [4.78, 5) is 4.49. The standard InChI is InChI=1S/C14H16ClFN2S/c1-3-6-17-13(14-18-9(2)8-19-14)10-4-5-11(15)12(16)7-10/h4-5,7-8,13,17H,3,6H2,1-2H3. The van der Waals surface area contributed by atoms with E-state index in [-0.39, 0.29) is 11.1 Å². The molecule has 1 N–H and O–H groups in total. The van der Waals surface area contributed by atoms with Crippen LogP contribution in [0.3, 0.4) is 0 Å². The number of nitrogens with one attached hydrogen (secondary N) is 1. The zero-order valence-corrected chi connectivity index (χ0v) is 12.5. The molecule has 0 aliphatic heterocycles. The van der Waals surface area contributed by atoms with Gasteiger partial charge in [-0.25, -0.2) is 9.37 Å². The van der Waals surface area contributed by atoms with E-state index in [1.165, 1.54) is 6.07 Å². The Morgan fingerprint density at radius 1 is 1.47 bits per heavy atom. The summed E-state index contributed by atoms with van der Waals surface area (Å²) in [6.45, 7) is 4.91. The highest BCUT2D eigenvalue weighted by Crippen LogP contribution is 2.27. The lowest BCUT2D eigenvalue weighted by atomic mass is 10.1. The summed E-state index contributed by atoms with van der Waals surface area (Å²) in [6.07, 6.45) is 1.01. The molecule has 0 fully saturated rings. The molecule has 5 heteroatoms. The molecule has 19 heavy (non-hydrogen) atoms. The fourth-order valence-corrected chi connectivity index (χ4v) is 2.85. The minimum atomic E-state index is -0.393. The van der Waals surface area contributed by atoms with Gasteiger partial charge in [0.2, 0.25) is 0 Å². The highest BCUT2D eigenvalue weighted by Gasteiger charge is 2.17. The number of nitrogens with zero attached hydrogens (tertiary/aromatic N) is 1. The van der Waals surface area contributed by atoms with E-state index in [1.807, 2.05) is 18.4 Å². The molecule has 0 radical (unpaired) electrons. The van der Waals surface area contributed by atoms with Crippen LogP contribution in [0.5, 0.6) is 0 Å². The molecule has 0 amide bonds. The molecular weight excluding hydrogens is 283 g/mol. The number of thiazole rings is 1. The minimum absolute atomic E-state index is 0.0783. The monoisotopic (exact) mass is 298 g/mol. The summed E-state index contributed by atoms with van der Waals surface area (Å²) in [5, 5.41) is 6.50. The average Bonchev–Trinajstić information content (AvgIpc) is 2.80. The molecular formula is C14H16ClFN2S. The highest BCUT2D eigenvalue weighted by molar-refractivity contribution is 7.09. The smallest absolute Gasteiger partial charge is 0.142 e. The highest BCUT2D eigenvalue weighted by atomic mass is 35.5. The molecule has 1 heterocycles. The van der Waals surface area contributed by atoms with E-state index in [0.717, 1.165) is 29.2 Å². The minimum Gasteiger partial charge on any atom is -0.304 e. The van der Waals surface area contributed by atoms with Gasteiger partial charge in [-0.05, 0) is 37.6 Å². The van der Waals surface area contributed by atoms with Crippen molar-refractivity contribution < 1.29 is 4.39 Å². The van der Waals surface area contributed by atoms with Crippen molar-refractivity contribution in [2.24, 2.45) is 0 Å². The summed E-state index contributed by atoms with van der Waals surface area (Å²) in [5.41, 5.74) is 1.84. The summed E-state index contributed by atoms with van der Waals surface area (Å²) < 4.78 is 13.6. The average molecular weight is 299 g/mol. The first kappa shape index (κ1) is 14.4. The van der Waals surface area contributed by atoms with Crippen LogP contribution in [0, 0.1) is 12.7 Å². The quantitative estimate of drug-likeness (QED) is 0.888. The molecule has 1 unspecified atom stereocenters. The Kier molecular flexibility index (Phi) is 4.91. The molecule has 2 nitrogen and oxygen atoms in total. The van der Waals surface area contributed by atoms with Gasteiger partial charge in [0.05, 0.1) is 11.1 Å². The first-order valence-corrected chi connectivity index (χ1v) is 7.48. The molecule has 1 atom stereocenters. The van der Waals surface area contributed by atoms with E-state index < -0.39 is 5.82 Å². The molecule has 102 valence electrons. The molecule has 0 aliphatic carbocycles. The molecule has 1 aromatic carbocycles. The SMILES string of the molecule is CCCNC(c1ccc(Cl)c(F)c1)c1nc(C)cs1. The number of hydrogen-bond donors (Lipinski definition) is 1. The van der Waals surface area contributed by atoms with Crippen LogP contribution >= 0.6 is 22.9 Å². The van der Waals surface area contributed by atoms with Crippen molar-refractivity contribution in [1.29, 1.82) is 0 Å². The number of halogens is 2. The van der Waals surface area contributed by atoms with Gasteiger partial charge in [-0.15, -0.1) is 11.3 Å². The number of aryl methyl sites for hydroxylation is 1. The second-order valence-electron chi connectivity index (χ2n) is 4.39. The van der Waals surface area contributed by atoms with Crippen LogP contribution in [0.1, 0.15) is 35.7 Å². The Morgan fingerprint density at radius 2 is 2.26 bits per heavy atom. The lowest BCUT2D eigenvalue weighted by Gasteiger charge is -2.17. The first-order valence-electron chi connectivity index (χ1n) is 6.22.